The van der Waals surface area contributed by atoms with E-state index in [4.69, 9.17) is 0 Å². The molecule has 0 spiro atoms. The Hall–Kier alpha value is -1.02. The first-order valence-corrected chi connectivity index (χ1v) is 6.42. The van der Waals surface area contributed by atoms with Crippen molar-refractivity contribution < 1.29 is 0 Å². The van der Waals surface area contributed by atoms with E-state index in [0.29, 0.717) is 0 Å². The summed E-state index contributed by atoms with van der Waals surface area (Å²) in [4.78, 5) is 1.48. The molecule has 0 saturated carbocycles. The third-order valence-corrected chi connectivity index (χ3v) is 3.21. The van der Waals surface area contributed by atoms with Crippen LogP contribution in [0.1, 0.15) is 17.4 Å². The van der Waals surface area contributed by atoms with Gasteiger partial charge < -0.3 is 5.32 Å². The molecule has 1 N–H and O–H groups in total. The van der Waals surface area contributed by atoms with Gasteiger partial charge in [0.05, 0.1) is 7.05 Å². The Morgan fingerprint density at radius 3 is 2.88 bits per heavy atom. The van der Waals surface area contributed by atoms with Crippen LogP contribution in [0.2, 0.25) is 0 Å². The summed E-state index contributed by atoms with van der Waals surface area (Å²) in [6.07, 6.45) is 0.741. The highest BCUT2D eigenvalue weighted by Gasteiger charge is 2.13. The maximum Gasteiger partial charge on any atom is 0.176 e. The number of rotatable bonds is 4. The van der Waals surface area contributed by atoms with Gasteiger partial charge in [-0.3, -0.25) is 0 Å². The molecule has 0 radical (unpaired) electrons. The first kappa shape index (κ1) is 12.4. The van der Waals surface area contributed by atoms with Crippen molar-refractivity contribution in [2.45, 2.75) is 12.5 Å². The zero-order valence-electron chi connectivity index (χ0n) is 9.76. The lowest BCUT2D eigenvalue weighted by Gasteiger charge is -2.14. The molecule has 0 aliphatic heterocycles. The number of hydrogen-bond acceptors (Lipinski definition) is 4. The Labute approximate surface area is 114 Å². The average Bonchev–Trinajstić information content (AvgIpc) is 2.72. The summed E-state index contributed by atoms with van der Waals surface area (Å²) in [7, 11) is 3.72. The van der Waals surface area contributed by atoms with Crippen molar-refractivity contribution in [3.8, 4) is 0 Å². The summed E-state index contributed by atoms with van der Waals surface area (Å²) >= 11 is 2.31. The molecule has 1 aromatic heterocycles. The van der Waals surface area contributed by atoms with Crippen molar-refractivity contribution in [3.05, 3.63) is 39.2 Å². The molecule has 0 amide bonds. The van der Waals surface area contributed by atoms with E-state index in [1.807, 2.05) is 7.05 Å². The van der Waals surface area contributed by atoms with Gasteiger partial charge in [0.2, 0.25) is 0 Å². The number of tetrazole rings is 1. The van der Waals surface area contributed by atoms with E-state index in [1.165, 1.54) is 13.9 Å². The van der Waals surface area contributed by atoms with Crippen molar-refractivity contribution in [1.82, 2.24) is 25.5 Å². The third kappa shape index (κ3) is 3.22. The molecule has 2 rings (SSSR count). The van der Waals surface area contributed by atoms with Gasteiger partial charge in [-0.15, -0.1) is 10.2 Å². The summed E-state index contributed by atoms with van der Waals surface area (Å²) in [5.74, 6) is 0.755. The third-order valence-electron chi connectivity index (χ3n) is 2.54. The SMILES string of the molecule is CNC(Cc1nnn(C)n1)c1cccc(I)c1. The van der Waals surface area contributed by atoms with Crippen LogP contribution < -0.4 is 5.32 Å². The lowest BCUT2D eigenvalue weighted by molar-refractivity contribution is 0.570. The quantitative estimate of drug-likeness (QED) is 0.851. The molecule has 2 aromatic rings. The van der Waals surface area contributed by atoms with E-state index < -0.39 is 0 Å². The van der Waals surface area contributed by atoms with Crippen LogP contribution >= 0.6 is 22.6 Å². The van der Waals surface area contributed by atoms with E-state index in [9.17, 15) is 0 Å². The summed E-state index contributed by atoms with van der Waals surface area (Å²) in [6, 6.07) is 8.63. The van der Waals surface area contributed by atoms with Crippen LogP contribution in [0.3, 0.4) is 0 Å². The predicted molar refractivity (Wildman–Crippen MR) is 73.5 cm³/mol. The largest absolute Gasteiger partial charge is 0.313 e. The highest BCUT2D eigenvalue weighted by molar-refractivity contribution is 14.1. The second-order valence-electron chi connectivity index (χ2n) is 3.80. The van der Waals surface area contributed by atoms with Crippen LogP contribution in [0.25, 0.3) is 0 Å². The molecular weight excluding hydrogens is 329 g/mol. The Morgan fingerprint density at radius 1 is 1.47 bits per heavy atom. The standard InChI is InChI=1S/C11H14IN5/c1-13-10(7-11-14-16-17(2)15-11)8-4-3-5-9(12)6-8/h3-6,10,13H,7H2,1-2H3. The summed E-state index contributed by atoms with van der Waals surface area (Å²) in [5.41, 5.74) is 1.24. The molecule has 0 saturated heterocycles. The number of nitrogens with one attached hydrogen (secondary N) is 1. The number of hydrogen-bond donors (Lipinski definition) is 1. The van der Waals surface area contributed by atoms with Gasteiger partial charge in [0.1, 0.15) is 0 Å². The molecule has 1 aromatic carbocycles. The van der Waals surface area contributed by atoms with E-state index in [2.05, 4.69) is 67.6 Å². The normalized spacial score (nSPS) is 12.6. The minimum absolute atomic E-state index is 0.217. The van der Waals surface area contributed by atoms with Crippen LogP contribution in [-0.4, -0.2) is 27.3 Å². The fourth-order valence-corrected chi connectivity index (χ4v) is 2.26. The minimum atomic E-state index is 0.217. The maximum absolute atomic E-state index is 4.20. The van der Waals surface area contributed by atoms with E-state index in [1.54, 1.807) is 7.05 Å². The molecule has 1 heterocycles. The smallest absolute Gasteiger partial charge is 0.176 e. The lowest BCUT2D eigenvalue weighted by atomic mass is 10.0. The number of nitrogens with zero attached hydrogens (tertiary/aromatic N) is 4. The first-order chi connectivity index (χ1) is 8.19. The topological polar surface area (TPSA) is 55.6 Å². The van der Waals surface area contributed by atoms with E-state index in [0.717, 1.165) is 12.2 Å². The first-order valence-electron chi connectivity index (χ1n) is 5.34. The molecule has 5 nitrogen and oxygen atoms in total. The summed E-state index contributed by atoms with van der Waals surface area (Å²) < 4.78 is 1.23. The van der Waals surface area contributed by atoms with Crippen molar-refractivity contribution in [3.63, 3.8) is 0 Å². The van der Waals surface area contributed by atoms with Gasteiger partial charge >= 0.3 is 0 Å². The number of aryl methyl sites for hydroxylation is 1. The van der Waals surface area contributed by atoms with Crippen molar-refractivity contribution >= 4 is 22.6 Å². The van der Waals surface area contributed by atoms with Crippen LogP contribution in [0.4, 0.5) is 0 Å². The van der Waals surface area contributed by atoms with Gasteiger partial charge in [-0.2, -0.15) is 4.80 Å². The van der Waals surface area contributed by atoms with Gasteiger partial charge in [0, 0.05) is 16.0 Å². The van der Waals surface area contributed by atoms with Gasteiger partial charge in [-0.05, 0) is 52.5 Å². The Bertz CT molecular complexity index is 496. The Morgan fingerprint density at radius 2 is 2.29 bits per heavy atom. The molecule has 90 valence electrons. The van der Waals surface area contributed by atoms with Gasteiger partial charge in [-0.25, -0.2) is 0 Å². The zero-order chi connectivity index (χ0) is 12.3. The second kappa shape index (κ2) is 5.54. The highest BCUT2D eigenvalue weighted by Crippen LogP contribution is 2.18. The zero-order valence-corrected chi connectivity index (χ0v) is 11.9. The van der Waals surface area contributed by atoms with Gasteiger partial charge in [-0.1, -0.05) is 12.1 Å². The molecule has 0 aliphatic carbocycles. The van der Waals surface area contributed by atoms with Crippen LogP contribution in [0.5, 0.6) is 0 Å². The monoisotopic (exact) mass is 343 g/mol. The Balaban J connectivity index is 2.16. The second-order valence-corrected chi connectivity index (χ2v) is 5.04. The molecule has 17 heavy (non-hydrogen) atoms. The van der Waals surface area contributed by atoms with E-state index in [-0.39, 0.29) is 6.04 Å². The molecule has 1 unspecified atom stereocenters. The molecule has 0 fully saturated rings. The fourth-order valence-electron chi connectivity index (χ4n) is 1.70. The number of aromatic nitrogens is 4. The fraction of sp³-hybridized carbons (Fsp3) is 0.364. The van der Waals surface area contributed by atoms with Gasteiger partial charge in [0.15, 0.2) is 5.82 Å². The molecule has 6 heteroatoms. The van der Waals surface area contributed by atoms with Crippen LogP contribution in [-0.2, 0) is 13.5 Å². The highest BCUT2D eigenvalue weighted by atomic mass is 127. The molecular formula is C11H14IN5. The summed E-state index contributed by atoms with van der Waals surface area (Å²) in [5, 5.41) is 15.3. The molecule has 1 atom stereocenters. The van der Waals surface area contributed by atoms with Crippen LogP contribution in [0.15, 0.2) is 24.3 Å². The number of likely N-dealkylation sites (N-methyl/N-ethyl adjacent to an activating group) is 1. The Kier molecular flexibility index (Phi) is 4.06. The number of halogens is 1. The van der Waals surface area contributed by atoms with Crippen molar-refractivity contribution in [2.75, 3.05) is 7.05 Å². The predicted octanol–water partition coefficient (Wildman–Crippen LogP) is 1.32. The van der Waals surface area contributed by atoms with Crippen molar-refractivity contribution in [1.29, 1.82) is 0 Å². The number of benzene rings is 1. The lowest BCUT2D eigenvalue weighted by Crippen LogP contribution is -2.19. The maximum atomic E-state index is 4.20. The van der Waals surface area contributed by atoms with Crippen molar-refractivity contribution in [2.24, 2.45) is 7.05 Å². The molecule has 0 aliphatic rings. The van der Waals surface area contributed by atoms with Crippen LogP contribution in [0, 0.1) is 3.57 Å². The minimum Gasteiger partial charge on any atom is -0.313 e. The summed E-state index contributed by atoms with van der Waals surface area (Å²) in [6.45, 7) is 0. The van der Waals surface area contributed by atoms with E-state index >= 15 is 0 Å². The average molecular weight is 343 g/mol. The molecule has 0 bridgehead atoms. The van der Waals surface area contributed by atoms with Gasteiger partial charge in [0.25, 0.3) is 0 Å².